The van der Waals surface area contributed by atoms with Crippen molar-refractivity contribution in [3.63, 3.8) is 0 Å². The van der Waals surface area contributed by atoms with Crippen molar-refractivity contribution in [1.82, 2.24) is 9.47 Å². The van der Waals surface area contributed by atoms with Crippen LogP contribution in [0, 0.1) is 17.0 Å². The molecule has 3 aromatic rings. The van der Waals surface area contributed by atoms with Gasteiger partial charge in [0.15, 0.2) is 5.11 Å². The number of nitrogens with one attached hydrogen (secondary N) is 1. The highest BCUT2D eigenvalue weighted by atomic mass is 32.1. The maximum absolute atomic E-state index is 10.8. The van der Waals surface area contributed by atoms with E-state index in [2.05, 4.69) is 64.3 Å². The molecule has 6 nitrogen and oxygen atoms in total. The summed E-state index contributed by atoms with van der Waals surface area (Å²) in [4.78, 5) is 12.6. The summed E-state index contributed by atoms with van der Waals surface area (Å²) >= 11 is 5.72. The second kappa shape index (κ2) is 7.44. The second-order valence-corrected chi connectivity index (χ2v) is 7.25. The largest absolute Gasteiger partial charge is 0.348 e. The average molecular weight is 392 g/mol. The average Bonchev–Trinajstić information content (AvgIpc) is 3.17. The van der Waals surface area contributed by atoms with Crippen LogP contribution >= 0.6 is 12.2 Å². The topological polar surface area (TPSA) is 63.3 Å². The molecule has 2 aromatic carbocycles. The molecular weight excluding hydrogens is 372 g/mol. The van der Waals surface area contributed by atoms with Gasteiger partial charge in [-0.3, -0.25) is 10.1 Å². The number of nitrogens with zero attached hydrogens (tertiary/aromatic N) is 3. The van der Waals surface area contributed by atoms with Gasteiger partial charge >= 0.3 is 0 Å². The maximum atomic E-state index is 10.8. The Morgan fingerprint density at radius 2 is 1.82 bits per heavy atom. The lowest BCUT2D eigenvalue weighted by atomic mass is 9.99. The number of nitro benzene ring substituents is 1. The van der Waals surface area contributed by atoms with Crippen molar-refractivity contribution in [2.45, 2.75) is 19.5 Å². The Morgan fingerprint density at radius 1 is 1.11 bits per heavy atom. The third-order valence-corrected chi connectivity index (χ3v) is 5.36. The molecule has 0 aliphatic carbocycles. The molecule has 2 heterocycles. The first kappa shape index (κ1) is 18.2. The van der Waals surface area contributed by atoms with Gasteiger partial charge in [-0.15, -0.1) is 0 Å². The number of non-ortho nitro benzene ring substituents is 1. The zero-order valence-corrected chi connectivity index (χ0v) is 16.2. The third kappa shape index (κ3) is 3.48. The fourth-order valence-corrected chi connectivity index (χ4v) is 3.88. The van der Waals surface area contributed by atoms with E-state index in [4.69, 9.17) is 12.2 Å². The van der Waals surface area contributed by atoms with Crippen molar-refractivity contribution >= 4 is 28.7 Å². The van der Waals surface area contributed by atoms with Gasteiger partial charge < -0.3 is 14.8 Å². The van der Waals surface area contributed by atoms with Crippen LogP contribution in [0.15, 0.2) is 66.9 Å². The number of hydrogen-bond acceptors (Lipinski definition) is 3. The van der Waals surface area contributed by atoms with Crippen LogP contribution in [0.4, 0.5) is 11.4 Å². The van der Waals surface area contributed by atoms with Gasteiger partial charge in [0.2, 0.25) is 0 Å². The van der Waals surface area contributed by atoms with Gasteiger partial charge in [0, 0.05) is 42.8 Å². The summed E-state index contributed by atoms with van der Waals surface area (Å²) in [5, 5.41) is 14.7. The van der Waals surface area contributed by atoms with Crippen molar-refractivity contribution in [1.29, 1.82) is 0 Å². The van der Waals surface area contributed by atoms with Crippen molar-refractivity contribution in [2.75, 3.05) is 11.9 Å². The first-order valence-electron chi connectivity index (χ1n) is 9.06. The van der Waals surface area contributed by atoms with E-state index in [-0.39, 0.29) is 11.7 Å². The maximum Gasteiger partial charge on any atom is 0.269 e. The number of rotatable bonds is 3. The van der Waals surface area contributed by atoms with E-state index in [1.807, 2.05) is 0 Å². The molecule has 0 fully saturated rings. The molecule has 0 unspecified atom stereocenters. The summed E-state index contributed by atoms with van der Waals surface area (Å²) in [5.41, 5.74) is 4.39. The fraction of sp³-hybridized carbons (Fsp3) is 0.190. The number of aromatic nitrogens is 1. The highest BCUT2D eigenvalue weighted by Crippen LogP contribution is 2.33. The van der Waals surface area contributed by atoms with Gasteiger partial charge in [-0.25, -0.2) is 0 Å². The molecule has 1 N–H and O–H groups in total. The Balaban J connectivity index is 1.62. The second-order valence-electron chi connectivity index (χ2n) is 6.87. The SMILES string of the molecule is Cc1ccc([C@H]2c3cccn3CCN2C(=S)Nc2ccc([N+](=O)[O-])cc2)cc1. The summed E-state index contributed by atoms with van der Waals surface area (Å²) in [6, 6.07) is 19.0. The number of anilines is 1. The van der Waals surface area contributed by atoms with E-state index in [0.29, 0.717) is 5.11 Å². The highest BCUT2D eigenvalue weighted by Gasteiger charge is 2.30. The van der Waals surface area contributed by atoms with Crippen LogP contribution in [-0.2, 0) is 6.54 Å². The van der Waals surface area contributed by atoms with Crippen molar-refractivity contribution < 1.29 is 4.92 Å². The Morgan fingerprint density at radius 3 is 2.50 bits per heavy atom. The van der Waals surface area contributed by atoms with Crippen molar-refractivity contribution in [3.8, 4) is 0 Å². The smallest absolute Gasteiger partial charge is 0.269 e. The molecule has 0 saturated heterocycles. The molecule has 4 rings (SSSR count). The monoisotopic (exact) mass is 392 g/mol. The quantitative estimate of drug-likeness (QED) is 0.404. The molecule has 1 aliphatic heterocycles. The van der Waals surface area contributed by atoms with Crippen molar-refractivity contribution in [2.24, 2.45) is 0 Å². The minimum atomic E-state index is -0.408. The van der Waals surface area contributed by atoms with Crippen LogP contribution in [0.3, 0.4) is 0 Å². The van der Waals surface area contributed by atoms with Crippen molar-refractivity contribution in [3.05, 3.63) is 93.8 Å². The molecule has 142 valence electrons. The predicted octanol–water partition coefficient (Wildman–Crippen LogP) is 4.51. The molecule has 0 radical (unpaired) electrons. The normalized spacial score (nSPS) is 15.8. The number of hydrogen-bond donors (Lipinski definition) is 1. The number of fused-ring (bicyclic) bond motifs is 1. The molecule has 0 bridgehead atoms. The molecular formula is C21H20N4O2S. The van der Waals surface area contributed by atoms with Crippen LogP contribution in [0.1, 0.15) is 22.9 Å². The fourth-order valence-electron chi connectivity index (χ4n) is 3.56. The van der Waals surface area contributed by atoms with Gasteiger partial charge in [0.1, 0.15) is 0 Å². The summed E-state index contributed by atoms with van der Waals surface area (Å²) in [7, 11) is 0. The van der Waals surface area contributed by atoms with Gasteiger partial charge in [0.25, 0.3) is 5.69 Å². The summed E-state index contributed by atoms with van der Waals surface area (Å²) in [6.45, 7) is 3.71. The van der Waals surface area contributed by atoms with E-state index >= 15 is 0 Å². The number of benzene rings is 2. The number of thiocarbonyl (C=S) groups is 1. The minimum absolute atomic E-state index is 0.0161. The van der Waals surface area contributed by atoms with Gasteiger partial charge in [-0.1, -0.05) is 29.8 Å². The standard InChI is InChI=1S/C21H20N4O2S/c1-15-4-6-16(7-5-15)20-19-3-2-12-23(19)13-14-24(20)21(28)22-17-8-10-18(11-9-17)25(26)27/h2-12,20H,13-14H2,1H3,(H,22,28)/t20-/m0/s1. The lowest BCUT2D eigenvalue weighted by Gasteiger charge is -2.39. The molecule has 0 saturated carbocycles. The summed E-state index contributed by atoms with van der Waals surface area (Å²) in [5.74, 6) is 0. The van der Waals surface area contributed by atoms with Crippen LogP contribution in [0.5, 0.6) is 0 Å². The molecule has 1 atom stereocenters. The summed E-state index contributed by atoms with van der Waals surface area (Å²) < 4.78 is 2.26. The van der Waals surface area contributed by atoms with Crippen LogP contribution in [-0.4, -0.2) is 26.0 Å². The predicted molar refractivity (Wildman–Crippen MR) is 113 cm³/mol. The molecule has 28 heavy (non-hydrogen) atoms. The van der Waals surface area contributed by atoms with E-state index in [1.165, 1.54) is 29.0 Å². The van der Waals surface area contributed by atoms with E-state index in [0.717, 1.165) is 18.8 Å². The number of nitro groups is 1. The van der Waals surface area contributed by atoms with Gasteiger partial charge in [-0.2, -0.15) is 0 Å². The first-order chi connectivity index (χ1) is 13.5. The third-order valence-electron chi connectivity index (χ3n) is 5.02. The Labute approximate surface area is 168 Å². The Kier molecular flexibility index (Phi) is 4.83. The molecule has 1 aromatic heterocycles. The highest BCUT2D eigenvalue weighted by molar-refractivity contribution is 7.80. The van der Waals surface area contributed by atoms with Crippen LogP contribution < -0.4 is 5.32 Å². The van der Waals surface area contributed by atoms with Gasteiger partial charge in [0.05, 0.1) is 11.0 Å². The Hall–Kier alpha value is -3.19. The summed E-state index contributed by atoms with van der Waals surface area (Å²) in [6.07, 6.45) is 2.10. The zero-order chi connectivity index (χ0) is 19.7. The molecule has 1 aliphatic rings. The first-order valence-corrected chi connectivity index (χ1v) is 9.47. The van der Waals surface area contributed by atoms with E-state index in [1.54, 1.807) is 12.1 Å². The Bertz CT molecular complexity index is 1010. The lowest BCUT2D eigenvalue weighted by molar-refractivity contribution is -0.384. The molecule has 0 amide bonds. The zero-order valence-electron chi connectivity index (χ0n) is 15.4. The number of aryl methyl sites for hydroxylation is 1. The van der Waals surface area contributed by atoms with E-state index in [9.17, 15) is 10.1 Å². The minimum Gasteiger partial charge on any atom is -0.348 e. The van der Waals surface area contributed by atoms with Crippen LogP contribution in [0.2, 0.25) is 0 Å². The van der Waals surface area contributed by atoms with E-state index < -0.39 is 4.92 Å². The van der Waals surface area contributed by atoms with Gasteiger partial charge in [-0.05, 0) is 49.0 Å². The molecule has 0 spiro atoms. The lowest BCUT2D eigenvalue weighted by Crippen LogP contribution is -2.44. The molecule has 7 heteroatoms. The van der Waals surface area contributed by atoms with Crippen LogP contribution in [0.25, 0.3) is 0 Å².